The van der Waals surface area contributed by atoms with Crippen molar-refractivity contribution in [2.24, 2.45) is 0 Å². The third-order valence-electron chi connectivity index (χ3n) is 7.74. The van der Waals surface area contributed by atoms with Crippen LogP contribution < -0.4 is 9.64 Å². The zero-order valence-electron chi connectivity index (χ0n) is 20.8. The molecule has 3 aromatic rings. The van der Waals surface area contributed by atoms with Gasteiger partial charge in [-0.3, -0.25) is 9.69 Å². The summed E-state index contributed by atoms with van der Waals surface area (Å²) in [6.07, 6.45) is 0.776. The van der Waals surface area contributed by atoms with Crippen molar-refractivity contribution in [2.45, 2.75) is 25.3 Å². The summed E-state index contributed by atoms with van der Waals surface area (Å²) in [6, 6.07) is 27.2. The van der Waals surface area contributed by atoms with Crippen LogP contribution in [0.5, 0.6) is 5.75 Å². The molecule has 2 aliphatic heterocycles. The maximum Gasteiger partial charge on any atom is 0.238 e. The van der Waals surface area contributed by atoms with E-state index in [0.29, 0.717) is 6.54 Å². The van der Waals surface area contributed by atoms with E-state index in [-0.39, 0.29) is 5.91 Å². The van der Waals surface area contributed by atoms with Gasteiger partial charge in [-0.25, -0.2) is 0 Å². The Kier molecular flexibility index (Phi) is 6.78. The standard InChI is InChI=1S/C30H35N3O2/c1-3-32-23-24-11-7-8-14-26(24)30(29(32)34,25-12-5-4-6-13-25)17-18-31-19-21-33(22-20-31)27-15-9-10-16-28(27)35-2/h4-16H,3,17-23H2,1-2H3. The fourth-order valence-corrected chi connectivity index (χ4v) is 5.81. The van der Waals surface area contributed by atoms with Crippen molar-refractivity contribution in [1.29, 1.82) is 0 Å². The van der Waals surface area contributed by atoms with E-state index in [9.17, 15) is 4.79 Å². The van der Waals surface area contributed by atoms with Gasteiger partial charge in [-0.15, -0.1) is 0 Å². The van der Waals surface area contributed by atoms with E-state index in [1.807, 2.05) is 23.1 Å². The molecular formula is C30H35N3O2. The highest BCUT2D eigenvalue weighted by molar-refractivity contribution is 5.94. The highest BCUT2D eigenvalue weighted by Crippen LogP contribution is 2.43. The smallest absolute Gasteiger partial charge is 0.238 e. The van der Waals surface area contributed by atoms with E-state index in [1.54, 1.807) is 7.11 Å². The summed E-state index contributed by atoms with van der Waals surface area (Å²) in [6.45, 7) is 8.21. The van der Waals surface area contributed by atoms with Crippen LogP contribution in [0.15, 0.2) is 78.9 Å². The minimum atomic E-state index is -0.647. The van der Waals surface area contributed by atoms with Gasteiger partial charge in [0.05, 0.1) is 12.8 Å². The van der Waals surface area contributed by atoms with Crippen LogP contribution in [0.4, 0.5) is 5.69 Å². The first-order chi connectivity index (χ1) is 17.2. The molecule has 1 saturated heterocycles. The number of methoxy groups -OCH3 is 1. The maximum absolute atomic E-state index is 14.1. The molecule has 1 fully saturated rings. The normalized spacial score (nSPS) is 20.6. The van der Waals surface area contributed by atoms with Crippen molar-refractivity contribution in [3.63, 3.8) is 0 Å². The Balaban J connectivity index is 1.40. The summed E-state index contributed by atoms with van der Waals surface area (Å²) in [5.41, 5.74) is 4.05. The molecule has 2 heterocycles. The Bertz CT molecular complexity index is 1160. The lowest BCUT2D eigenvalue weighted by Crippen LogP contribution is -2.54. The number of nitrogens with zero attached hydrogens (tertiary/aromatic N) is 3. The van der Waals surface area contributed by atoms with Crippen LogP contribution in [0.1, 0.15) is 30.0 Å². The highest BCUT2D eigenvalue weighted by Gasteiger charge is 2.48. The molecule has 2 aliphatic rings. The molecule has 0 aliphatic carbocycles. The summed E-state index contributed by atoms with van der Waals surface area (Å²) >= 11 is 0. The van der Waals surface area contributed by atoms with Crippen molar-refractivity contribution in [1.82, 2.24) is 9.80 Å². The van der Waals surface area contributed by atoms with Gasteiger partial charge in [0.15, 0.2) is 0 Å². The molecule has 1 amide bonds. The number of benzene rings is 3. The number of ether oxygens (including phenoxy) is 1. The van der Waals surface area contributed by atoms with Gasteiger partial charge in [-0.2, -0.15) is 0 Å². The Morgan fingerprint density at radius 1 is 0.857 bits per heavy atom. The summed E-state index contributed by atoms with van der Waals surface area (Å²) < 4.78 is 5.58. The predicted molar refractivity (Wildman–Crippen MR) is 141 cm³/mol. The van der Waals surface area contributed by atoms with Gasteiger partial charge in [0.1, 0.15) is 11.2 Å². The van der Waals surface area contributed by atoms with Crippen LogP contribution in [0.25, 0.3) is 0 Å². The second kappa shape index (κ2) is 10.1. The Morgan fingerprint density at radius 2 is 1.54 bits per heavy atom. The number of carbonyl (C=O) groups excluding carboxylic acids is 1. The van der Waals surface area contributed by atoms with Crippen molar-refractivity contribution < 1.29 is 9.53 Å². The van der Waals surface area contributed by atoms with Gasteiger partial charge in [0.2, 0.25) is 5.91 Å². The lowest BCUT2D eigenvalue weighted by molar-refractivity contribution is -0.138. The van der Waals surface area contributed by atoms with Crippen molar-refractivity contribution in [3.8, 4) is 5.75 Å². The largest absolute Gasteiger partial charge is 0.495 e. The number of fused-ring (bicyclic) bond motifs is 1. The average Bonchev–Trinajstić information content (AvgIpc) is 2.93. The molecule has 3 aromatic carbocycles. The van der Waals surface area contributed by atoms with Gasteiger partial charge < -0.3 is 14.5 Å². The number of carbonyl (C=O) groups is 1. The molecule has 182 valence electrons. The number of amides is 1. The van der Waals surface area contributed by atoms with Crippen LogP contribution in [0.2, 0.25) is 0 Å². The van der Waals surface area contributed by atoms with E-state index in [4.69, 9.17) is 4.74 Å². The predicted octanol–water partition coefficient (Wildman–Crippen LogP) is 4.56. The lowest BCUT2D eigenvalue weighted by Gasteiger charge is -2.45. The summed E-state index contributed by atoms with van der Waals surface area (Å²) in [5.74, 6) is 1.16. The molecule has 0 bridgehead atoms. The van der Waals surface area contributed by atoms with Gasteiger partial charge in [-0.05, 0) is 48.7 Å². The first kappa shape index (κ1) is 23.4. The van der Waals surface area contributed by atoms with Crippen LogP contribution >= 0.6 is 0 Å². The number of rotatable bonds is 7. The van der Waals surface area contributed by atoms with Crippen LogP contribution in [0, 0.1) is 0 Å². The fraction of sp³-hybridized carbons (Fsp3) is 0.367. The molecular weight excluding hydrogens is 434 g/mol. The van der Waals surface area contributed by atoms with Gasteiger partial charge in [0, 0.05) is 39.3 Å². The van der Waals surface area contributed by atoms with Crippen molar-refractivity contribution in [2.75, 3.05) is 51.3 Å². The lowest BCUT2D eigenvalue weighted by atomic mass is 9.67. The van der Waals surface area contributed by atoms with E-state index in [0.717, 1.165) is 62.7 Å². The van der Waals surface area contributed by atoms with Crippen LogP contribution in [0.3, 0.4) is 0 Å². The zero-order valence-corrected chi connectivity index (χ0v) is 20.8. The first-order valence-electron chi connectivity index (χ1n) is 12.7. The number of hydrogen-bond acceptors (Lipinski definition) is 4. The third kappa shape index (κ3) is 4.30. The second-order valence-electron chi connectivity index (χ2n) is 9.50. The maximum atomic E-state index is 14.1. The monoisotopic (exact) mass is 469 g/mol. The van der Waals surface area contributed by atoms with E-state index < -0.39 is 5.41 Å². The van der Waals surface area contributed by atoms with Gasteiger partial charge in [0.25, 0.3) is 0 Å². The summed E-state index contributed by atoms with van der Waals surface area (Å²) in [7, 11) is 1.73. The molecule has 0 aromatic heterocycles. The Labute approximate surface area is 208 Å². The molecule has 5 heteroatoms. The number of hydrogen-bond donors (Lipinski definition) is 0. The second-order valence-corrected chi connectivity index (χ2v) is 9.50. The van der Waals surface area contributed by atoms with E-state index in [2.05, 4.69) is 77.4 Å². The molecule has 5 rings (SSSR count). The molecule has 1 unspecified atom stereocenters. The molecule has 35 heavy (non-hydrogen) atoms. The average molecular weight is 470 g/mol. The number of anilines is 1. The minimum Gasteiger partial charge on any atom is -0.495 e. The summed E-state index contributed by atoms with van der Waals surface area (Å²) in [5, 5.41) is 0. The fourth-order valence-electron chi connectivity index (χ4n) is 5.81. The minimum absolute atomic E-state index is 0.234. The molecule has 0 radical (unpaired) electrons. The Morgan fingerprint density at radius 3 is 2.29 bits per heavy atom. The van der Waals surface area contributed by atoms with Crippen molar-refractivity contribution in [3.05, 3.63) is 95.6 Å². The number of piperazine rings is 1. The topological polar surface area (TPSA) is 36.0 Å². The van der Waals surface area contributed by atoms with Crippen LogP contribution in [-0.2, 0) is 16.8 Å². The number of likely N-dealkylation sites (N-methyl/N-ethyl adjacent to an activating group) is 1. The van der Waals surface area contributed by atoms with E-state index >= 15 is 0 Å². The molecule has 1 atom stereocenters. The number of para-hydroxylation sites is 2. The molecule has 0 N–H and O–H groups in total. The van der Waals surface area contributed by atoms with Gasteiger partial charge in [-0.1, -0.05) is 66.7 Å². The highest BCUT2D eigenvalue weighted by atomic mass is 16.5. The van der Waals surface area contributed by atoms with Crippen LogP contribution in [-0.4, -0.2) is 62.1 Å². The van der Waals surface area contributed by atoms with Crippen molar-refractivity contribution >= 4 is 11.6 Å². The first-order valence-corrected chi connectivity index (χ1v) is 12.7. The Hall–Kier alpha value is -3.31. The zero-order chi connectivity index (χ0) is 24.3. The molecule has 0 spiro atoms. The molecule has 5 nitrogen and oxygen atoms in total. The van der Waals surface area contributed by atoms with E-state index in [1.165, 1.54) is 11.1 Å². The summed E-state index contributed by atoms with van der Waals surface area (Å²) in [4.78, 5) is 21.0. The third-order valence-corrected chi connectivity index (χ3v) is 7.74. The molecule has 0 saturated carbocycles. The quantitative estimate of drug-likeness (QED) is 0.509. The van der Waals surface area contributed by atoms with Gasteiger partial charge >= 0.3 is 0 Å². The SMILES string of the molecule is CCN1Cc2ccccc2C(CCN2CCN(c3ccccc3OC)CC2)(c2ccccc2)C1=O.